The van der Waals surface area contributed by atoms with E-state index in [4.69, 9.17) is 0 Å². The summed E-state index contributed by atoms with van der Waals surface area (Å²) >= 11 is 3.42. The van der Waals surface area contributed by atoms with Gasteiger partial charge in [-0.3, -0.25) is 0 Å². The molecule has 2 rings (SSSR count). The van der Waals surface area contributed by atoms with Gasteiger partial charge in [0.25, 0.3) is 0 Å². The van der Waals surface area contributed by atoms with Crippen LogP contribution in [0.2, 0.25) is 0 Å². The summed E-state index contributed by atoms with van der Waals surface area (Å²) in [5.41, 5.74) is 0.868. The number of hydrogen-bond donors (Lipinski definition) is 1. The van der Waals surface area contributed by atoms with Crippen LogP contribution in [0.25, 0.3) is 5.65 Å². The Morgan fingerprint density at radius 1 is 1.40 bits per heavy atom. The highest BCUT2D eigenvalue weighted by molar-refractivity contribution is 9.10. The van der Waals surface area contributed by atoms with E-state index in [1.165, 1.54) is 6.42 Å². The highest BCUT2D eigenvalue weighted by Crippen LogP contribution is 2.16. The van der Waals surface area contributed by atoms with Gasteiger partial charge in [-0.15, -0.1) is 0 Å². The molecule has 0 aliphatic rings. The van der Waals surface area contributed by atoms with Crippen molar-refractivity contribution in [2.75, 3.05) is 25.5 Å². The lowest BCUT2D eigenvalue weighted by atomic mass is 10.2. The second kappa shape index (κ2) is 7.04. The van der Waals surface area contributed by atoms with E-state index in [1.54, 1.807) is 6.20 Å². The molecule has 1 N–H and O–H groups in total. The summed E-state index contributed by atoms with van der Waals surface area (Å²) in [6.45, 7) is 6.49. The first-order valence-corrected chi connectivity index (χ1v) is 7.80. The van der Waals surface area contributed by atoms with E-state index in [-0.39, 0.29) is 0 Å². The van der Waals surface area contributed by atoms with Gasteiger partial charge in [-0.2, -0.15) is 0 Å². The van der Waals surface area contributed by atoms with E-state index >= 15 is 0 Å². The molecule has 20 heavy (non-hydrogen) atoms. The van der Waals surface area contributed by atoms with Crippen LogP contribution >= 0.6 is 15.9 Å². The summed E-state index contributed by atoms with van der Waals surface area (Å²) in [7, 11) is 2.17. The maximum atomic E-state index is 4.45. The quantitative estimate of drug-likeness (QED) is 0.787. The maximum Gasteiger partial charge on any atom is 0.180 e. The van der Waals surface area contributed by atoms with Gasteiger partial charge in [0.05, 0.1) is 0 Å². The molecule has 0 spiro atoms. The van der Waals surface area contributed by atoms with Crippen LogP contribution in [0, 0.1) is 0 Å². The van der Waals surface area contributed by atoms with Crippen LogP contribution in [0.5, 0.6) is 0 Å². The third kappa shape index (κ3) is 3.93. The molecule has 0 aliphatic carbocycles. The first-order chi connectivity index (χ1) is 9.58. The Kier molecular flexibility index (Phi) is 5.37. The van der Waals surface area contributed by atoms with Gasteiger partial charge >= 0.3 is 0 Å². The van der Waals surface area contributed by atoms with Crippen molar-refractivity contribution < 1.29 is 0 Å². The Hall–Kier alpha value is -1.14. The number of aromatic nitrogens is 3. The molecule has 6 heteroatoms. The zero-order valence-electron chi connectivity index (χ0n) is 12.3. The first kappa shape index (κ1) is 15.3. The molecule has 0 aromatic carbocycles. The van der Waals surface area contributed by atoms with Gasteiger partial charge in [0.15, 0.2) is 11.5 Å². The van der Waals surface area contributed by atoms with E-state index < -0.39 is 0 Å². The van der Waals surface area contributed by atoms with Crippen molar-refractivity contribution in [1.29, 1.82) is 0 Å². The summed E-state index contributed by atoms with van der Waals surface area (Å²) in [6.07, 6.45) is 7.92. The Morgan fingerprint density at radius 3 is 2.95 bits per heavy atom. The van der Waals surface area contributed by atoms with Crippen LogP contribution < -0.4 is 5.32 Å². The largest absolute Gasteiger partial charge is 0.367 e. The van der Waals surface area contributed by atoms with Crippen molar-refractivity contribution in [2.45, 2.75) is 32.7 Å². The van der Waals surface area contributed by atoms with Gasteiger partial charge in [-0.1, -0.05) is 0 Å². The summed E-state index contributed by atoms with van der Waals surface area (Å²) in [4.78, 5) is 11.1. The van der Waals surface area contributed by atoms with Crippen molar-refractivity contribution in [2.24, 2.45) is 0 Å². The van der Waals surface area contributed by atoms with Crippen LogP contribution in [0.3, 0.4) is 0 Å². The molecule has 0 radical (unpaired) electrons. The lowest BCUT2D eigenvalue weighted by Crippen LogP contribution is -2.27. The molecule has 110 valence electrons. The zero-order chi connectivity index (χ0) is 14.5. The Morgan fingerprint density at radius 2 is 2.20 bits per heavy atom. The molecular formula is C14H22BrN5. The number of nitrogens with one attached hydrogen (secondary N) is 1. The van der Waals surface area contributed by atoms with Gasteiger partial charge in [0.1, 0.15) is 4.60 Å². The lowest BCUT2D eigenvalue weighted by molar-refractivity contribution is 0.269. The third-order valence-corrected chi connectivity index (χ3v) is 3.84. The van der Waals surface area contributed by atoms with Crippen molar-refractivity contribution >= 4 is 27.4 Å². The number of unbranched alkanes of at least 4 members (excludes halogenated alkanes) is 1. The van der Waals surface area contributed by atoms with Gasteiger partial charge in [0, 0.05) is 31.2 Å². The number of nitrogens with zero attached hydrogens (tertiary/aromatic N) is 4. The van der Waals surface area contributed by atoms with Crippen LogP contribution in [-0.4, -0.2) is 45.4 Å². The minimum Gasteiger partial charge on any atom is -0.367 e. The second-order valence-electron chi connectivity index (χ2n) is 5.28. The minimum atomic E-state index is 0.610. The molecule has 0 bridgehead atoms. The predicted molar refractivity (Wildman–Crippen MR) is 86.2 cm³/mol. The molecule has 0 saturated heterocycles. The van der Waals surface area contributed by atoms with Gasteiger partial charge in [0.2, 0.25) is 0 Å². The van der Waals surface area contributed by atoms with Gasteiger partial charge < -0.3 is 14.6 Å². The lowest BCUT2D eigenvalue weighted by Gasteiger charge is -2.20. The van der Waals surface area contributed by atoms with Crippen LogP contribution in [0.15, 0.2) is 23.2 Å². The van der Waals surface area contributed by atoms with Gasteiger partial charge in [-0.25, -0.2) is 9.97 Å². The van der Waals surface area contributed by atoms with Crippen LogP contribution in [0.1, 0.15) is 26.7 Å². The minimum absolute atomic E-state index is 0.610. The normalized spacial score (nSPS) is 11.7. The molecule has 0 atom stereocenters. The highest BCUT2D eigenvalue weighted by Gasteiger charge is 2.06. The third-order valence-electron chi connectivity index (χ3n) is 3.46. The van der Waals surface area contributed by atoms with E-state index in [0.717, 1.165) is 35.6 Å². The first-order valence-electron chi connectivity index (χ1n) is 7.01. The van der Waals surface area contributed by atoms with Crippen molar-refractivity contribution in [3.05, 3.63) is 23.2 Å². The van der Waals surface area contributed by atoms with E-state index in [0.29, 0.717) is 6.04 Å². The fourth-order valence-corrected chi connectivity index (χ4v) is 2.37. The monoisotopic (exact) mass is 339 g/mol. The molecule has 0 saturated carbocycles. The molecule has 2 heterocycles. The second-order valence-corrected chi connectivity index (χ2v) is 6.09. The number of rotatable bonds is 7. The van der Waals surface area contributed by atoms with Gasteiger partial charge in [-0.05, 0) is 56.2 Å². The summed E-state index contributed by atoms with van der Waals surface area (Å²) in [5, 5.41) is 3.37. The summed E-state index contributed by atoms with van der Waals surface area (Å²) < 4.78 is 2.77. The molecule has 0 fully saturated rings. The fraction of sp³-hybridized carbons (Fsp3) is 0.571. The molecule has 0 aliphatic heterocycles. The SMILES string of the molecule is CC(C)N(C)CCCCNc1nc(Br)cn2ccnc12. The van der Waals surface area contributed by atoms with E-state index in [1.807, 2.05) is 16.8 Å². The number of imidazole rings is 1. The maximum absolute atomic E-state index is 4.45. The number of halogens is 1. The molecule has 2 aromatic rings. The standard InChI is InChI=1S/C14H22BrN5/c1-11(2)19(3)8-5-4-6-16-13-14-17-7-9-20(14)10-12(15)18-13/h7,9-11H,4-6,8H2,1-3H3,(H,16,18). The predicted octanol–water partition coefficient (Wildman–Crippen LogP) is 3.02. The molecule has 0 unspecified atom stereocenters. The Balaban J connectivity index is 1.83. The Bertz CT molecular complexity index is 551. The molecule has 5 nitrogen and oxygen atoms in total. The Labute approximate surface area is 128 Å². The fourth-order valence-electron chi connectivity index (χ4n) is 1.97. The number of fused-ring (bicyclic) bond motifs is 1. The van der Waals surface area contributed by atoms with E-state index in [9.17, 15) is 0 Å². The molecule has 0 amide bonds. The van der Waals surface area contributed by atoms with Crippen LogP contribution in [0.4, 0.5) is 5.82 Å². The topological polar surface area (TPSA) is 45.5 Å². The molecular weight excluding hydrogens is 318 g/mol. The molecule has 2 aromatic heterocycles. The average molecular weight is 340 g/mol. The van der Waals surface area contributed by atoms with E-state index in [2.05, 4.69) is 57.0 Å². The van der Waals surface area contributed by atoms with Crippen molar-refractivity contribution in [1.82, 2.24) is 19.3 Å². The van der Waals surface area contributed by atoms with Crippen molar-refractivity contribution in [3.63, 3.8) is 0 Å². The number of anilines is 1. The van der Waals surface area contributed by atoms with Crippen molar-refractivity contribution in [3.8, 4) is 0 Å². The smallest absolute Gasteiger partial charge is 0.180 e. The van der Waals surface area contributed by atoms with Crippen LogP contribution in [-0.2, 0) is 0 Å². The zero-order valence-corrected chi connectivity index (χ0v) is 13.9. The highest BCUT2D eigenvalue weighted by atomic mass is 79.9. The number of hydrogen-bond acceptors (Lipinski definition) is 4. The average Bonchev–Trinajstić information content (AvgIpc) is 2.85. The summed E-state index contributed by atoms with van der Waals surface area (Å²) in [6, 6.07) is 0.610. The summed E-state index contributed by atoms with van der Waals surface area (Å²) in [5.74, 6) is 0.835.